The average Bonchev–Trinajstić information content (AvgIpc) is 2.32. The van der Waals surface area contributed by atoms with Gasteiger partial charge in [0.1, 0.15) is 5.15 Å². The minimum Gasteiger partial charge on any atom is -0.247 e. The molecule has 0 atom stereocenters. The number of sulfonamides is 1. The minimum atomic E-state index is -3.72. The van der Waals surface area contributed by atoms with Crippen molar-refractivity contribution < 1.29 is 8.42 Å². The van der Waals surface area contributed by atoms with Crippen molar-refractivity contribution in [2.45, 2.75) is 11.8 Å². The second-order valence-electron chi connectivity index (χ2n) is 3.72. The van der Waals surface area contributed by atoms with E-state index in [-0.39, 0.29) is 16.0 Å². The van der Waals surface area contributed by atoms with Crippen LogP contribution in [0.5, 0.6) is 0 Å². The standard InChI is InChI=1S/C11H9BrClN3O2S/c1-7-6-8(2-3-9(7)12)19(17,18)16-11-14-5-4-10(13)15-11/h2-6H,1H3,(H,14,15,16). The Bertz CT molecular complexity index is 722. The first-order valence-electron chi connectivity index (χ1n) is 5.16. The van der Waals surface area contributed by atoms with Gasteiger partial charge in [-0.1, -0.05) is 27.5 Å². The number of benzene rings is 1. The van der Waals surface area contributed by atoms with Crippen molar-refractivity contribution in [2.75, 3.05) is 4.72 Å². The highest BCUT2D eigenvalue weighted by atomic mass is 79.9. The third-order valence-corrected chi connectivity index (χ3v) is 4.71. The highest BCUT2D eigenvalue weighted by molar-refractivity contribution is 9.10. The summed E-state index contributed by atoms with van der Waals surface area (Å²) in [5.74, 6) is -0.0620. The Kier molecular flexibility index (Phi) is 4.07. The highest BCUT2D eigenvalue weighted by Gasteiger charge is 2.16. The summed E-state index contributed by atoms with van der Waals surface area (Å²) in [4.78, 5) is 7.71. The van der Waals surface area contributed by atoms with E-state index in [4.69, 9.17) is 11.6 Å². The number of aromatic nitrogens is 2. The van der Waals surface area contributed by atoms with Crippen LogP contribution in [0.25, 0.3) is 0 Å². The van der Waals surface area contributed by atoms with Crippen LogP contribution in [0.15, 0.2) is 39.8 Å². The van der Waals surface area contributed by atoms with Gasteiger partial charge in [-0.25, -0.2) is 23.1 Å². The van der Waals surface area contributed by atoms with Crippen molar-refractivity contribution in [3.8, 4) is 0 Å². The Hall–Kier alpha value is -1.18. The van der Waals surface area contributed by atoms with Gasteiger partial charge < -0.3 is 0 Å². The lowest BCUT2D eigenvalue weighted by Crippen LogP contribution is -2.15. The molecule has 0 spiro atoms. The van der Waals surface area contributed by atoms with Crippen LogP contribution in [0.3, 0.4) is 0 Å². The summed E-state index contributed by atoms with van der Waals surface area (Å²) in [6.07, 6.45) is 1.38. The van der Waals surface area contributed by atoms with E-state index in [0.717, 1.165) is 10.0 Å². The fourth-order valence-corrected chi connectivity index (χ4v) is 2.77. The number of rotatable bonds is 3. The zero-order chi connectivity index (χ0) is 14.0. The van der Waals surface area contributed by atoms with Crippen molar-refractivity contribution in [3.63, 3.8) is 0 Å². The molecule has 1 heterocycles. The molecule has 5 nitrogen and oxygen atoms in total. The van der Waals surface area contributed by atoms with Gasteiger partial charge in [-0.15, -0.1) is 0 Å². The van der Waals surface area contributed by atoms with E-state index >= 15 is 0 Å². The minimum absolute atomic E-state index is 0.0620. The Labute approximate surface area is 124 Å². The largest absolute Gasteiger partial charge is 0.264 e. The van der Waals surface area contributed by atoms with Gasteiger partial charge in [0.25, 0.3) is 10.0 Å². The van der Waals surface area contributed by atoms with Gasteiger partial charge in [0.05, 0.1) is 4.90 Å². The third kappa shape index (κ3) is 3.43. The quantitative estimate of drug-likeness (QED) is 0.852. The van der Waals surface area contributed by atoms with Crippen molar-refractivity contribution in [1.29, 1.82) is 0 Å². The molecule has 1 aromatic carbocycles. The monoisotopic (exact) mass is 361 g/mol. The summed E-state index contributed by atoms with van der Waals surface area (Å²) in [6.45, 7) is 1.80. The zero-order valence-electron chi connectivity index (χ0n) is 9.76. The molecule has 0 fully saturated rings. The van der Waals surface area contributed by atoms with E-state index < -0.39 is 10.0 Å². The molecule has 19 heavy (non-hydrogen) atoms. The third-order valence-electron chi connectivity index (χ3n) is 2.29. The van der Waals surface area contributed by atoms with Crippen molar-refractivity contribution >= 4 is 43.5 Å². The molecule has 2 aromatic rings. The molecule has 8 heteroatoms. The number of nitrogens with one attached hydrogen (secondary N) is 1. The van der Waals surface area contributed by atoms with Gasteiger partial charge in [0, 0.05) is 10.7 Å². The fourth-order valence-electron chi connectivity index (χ4n) is 1.35. The molecular weight excluding hydrogens is 354 g/mol. The number of hydrogen-bond acceptors (Lipinski definition) is 4. The molecule has 0 aliphatic rings. The van der Waals surface area contributed by atoms with E-state index in [1.165, 1.54) is 18.3 Å². The molecule has 0 unspecified atom stereocenters. The van der Waals surface area contributed by atoms with Gasteiger partial charge in [0.15, 0.2) is 0 Å². The molecular formula is C11H9BrClN3O2S. The van der Waals surface area contributed by atoms with E-state index in [9.17, 15) is 8.42 Å². The summed E-state index contributed by atoms with van der Waals surface area (Å²) in [6, 6.07) is 6.17. The van der Waals surface area contributed by atoms with Crippen molar-refractivity contribution in [3.05, 3.63) is 45.7 Å². The highest BCUT2D eigenvalue weighted by Crippen LogP contribution is 2.21. The molecule has 0 saturated heterocycles. The van der Waals surface area contributed by atoms with Gasteiger partial charge >= 0.3 is 0 Å². The normalized spacial score (nSPS) is 11.3. The van der Waals surface area contributed by atoms with E-state index in [0.29, 0.717) is 0 Å². The topological polar surface area (TPSA) is 72.0 Å². The molecule has 100 valence electrons. The van der Waals surface area contributed by atoms with Crippen LogP contribution in [-0.4, -0.2) is 18.4 Å². The molecule has 2 rings (SSSR count). The van der Waals surface area contributed by atoms with Gasteiger partial charge in [-0.3, -0.25) is 0 Å². The van der Waals surface area contributed by atoms with Crippen LogP contribution in [0, 0.1) is 6.92 Å². The van der Waals surface area contributed by atoms with Crippen LogP contribution in [0.1, 0.15) is 5.56 Å². The smallest absolute Gasteiger partial charge is 0.247 e. The van der Waals surface area contributed by atoms with E-state index in [2.05, 4.69) is 30.6 Å². The van der Waals surface area contributed by atoms with Crippen molar-refractivity contribution in [1.82, 2.24) is 9.97 Å². The lowest BCUT2D eigenvalue weighted by molar-refractivity contribution is 0.600. The first-order valence-corrected chi connectivity index (χ1v) is 7.81. The Balaban J connectivity index is 2.35. The molecule has 0 radical (unpaired) electrons. The SMILES string of the molecule is Cc1cc(S(=O)(=O)Nc2nccc(Cl)n2)ccc1Br. The molecule has 0 aliphatic heterocycles. The molecule has 0 aliphatic carbocycles. The van der Waals surface area contributed by atoms with Crippen LogP contribution >= 0.6 is 27.5 Å². The Morgan fingerprint density at radius 2 is 2.05 bits per heavy atom. The first-order chi connectivity index (χ1) is 8.88. The summed E-state index contributed by atoms with van der Waals surface area (Å²) >= 11 is 8.99. The number of anilines is 1. The predicted octanol–water partition coefficient (Wildman–Crippen LogP) is 3.00. The Morgan fingerprint density at radius 3 is 2.68 bits per heavy atom. The number of aryl methyl sites for hydroxylation is 1. The zero-order valence-corrected chi connectivity index (χ0v) is 12.9. The van der Waals surface area contributed by atoms with Crippen LogP contribution < -0.4 is 4.72 Å². The predicted molar refractivity (Wildman–Crippen MR) is 76.7 cm³/mol. The van der Waals surface area contributed by atoms with Gasteiger partial charge in [-0.05, 0) is 36.8 Å². The lowest BCUT2D eigenvalue weighted by atomic mass is 10.2. The maximum atomic E-state index is 12.1. The molecule has 0 bridgehead atoms. The summed E-state index contributed by atoms with van der Waals surface area (Å²) in [5, 5.41) is 0.166. The number of hydrogen-bond donors (Lipinski definition) is 1. The summed E-state index contributed by atoms with van der Waals surface area (Å²) in [5.41, 5.74) is 0.815. The van der Waals surface area contributed by atoms with Crippen LogP contribution in [0.4, 0.5) is 5.95 Å². The summed E-state index contributed by atoms with van der Waals surface area (Å²) in [7, 11) is -3.72. The van der Waals surface area contributed by atoms with Gasteiger partial charge in [0.2, 0.25) is 5.95 Å². The first kappa shape index (κ1) is 14.2. The second-order valence-corrected chi connectivity index (χ2v) is 6.64. The van der Waals surface area contributed by atoms with Crippen LogP contribution in [-0.2, 0) is 10.0 Å². The average molecular weight is 363 g/mol. The molecule has 1 aromatic heterocycles. The Morgan fingerprint density at radius 1 is 1.32 bits per heavy atom. The molecule has 0 saturated carbocycles. The van der Waals surface area contributed by atoms with Gasteiger partial charge in [-0.2, -0.15) is 0 Å². The lowest BCUT2D eigenvalue weighted by Gasteiger charge is -2.08. The molecule has 0 amide bonds. The second kappa shape index (κ2) is 5.44. The van der Waals surface area contributed by atoms with E-state index in [1.54, 1.807) is 19.1 Å². The maximum absolute atomic E-state index is 12.1. The molecule has 1 N–H and O–H groups in total. The van der Waals surface area contributed by atoms with Crippen molar-refractivity contribution in [2.24, 2.45) is 0 Å². The van der Waals surface area contributed by atoms with E-state index in [1.807, 2.05) is 0 Å². The summed E-state index contributed by atoms with van der Waals surface area (Å²) < 4.78 is 27.4. The number of nitrogens with zero attached hydrogens (tertiary/aromatic N) is 2. The van der Waals surface area contributed by atoms with Crippen LogP contribution in [0.2, 0.25) is 5.15 Å². The number of halogens is 2. The maximum Gasteiger partial charge on any atom is 0.264 e. The fraction of sp³-hybridized carbons (Fsp3) is 0.0909.